The van der Waals surface area contributed by atoms with E-state index in [4.69, 9.17) is 5.73 Å². The molecule has 0 aliphatic heterocycles. The molecule has 2 fully saturated rings. The van der Waals surface area contributed by atoms with E-state index in [0.717, 1.165) is 12.8 Å². The summed E-state index contributed by atoms with van der Waals surface area (Å²) in [4.78, 5) is 5.73. The standard InChI is InChI=1S/C11H18F3N3/c1-17(8-3-4-8)9(15)16-7-10(5-2-6-10)11(12,13)14/h8H,2-7H2,1H3,(H2,15,16). The van der Waals surface area contributed by atoms with Crippen LogP contribution in [0.5, 0.6) is 0 Å². The lowest BCUT2D eigenvalue weighted by Gasteiger charge is -2.42. The zero-order valence-corrected chi connectivity index (χ0v) is 9.93. The first-order chi connectivity index (χ1) is 7.86. The Morgan fingerprint density at radius 2 is 2.00 bits per heavy atom. The minimum Gasteiger partial charge on any atom is -0.370 e. The van der Waals surface area contributed by atoms with Gasteiger partial charge in [-0.1, -0.05) is 6.42 Å². The Kier molecular flexibility index (Phi) is 2.99. The van der Waals surface area contributed by atoms with E-state index in [1.165, 1.54) is 0 Å². The van der Waals surface area contributed by atoms with Crippen LogP contribution in [0.3, 0.4) is 0 Å². The van der Waals surface area contributed by atoms with E-state index in [1.807, 2.05) is 0 Å². The highest BCUT2D eigenvalue weighted by molar-refractivity contribution is 5.78. The van der Waals surface area contributed by atoms with Crippen molar-refractivity contribution in [2.75, 3.05) is 13.6 Å². The molecule has 3 nitrogen and oxygen atoms in total. The molecule has 0 radical (unpaired) electrons. The van der Waals surface area contributed by atoms with E-state index in [0.29, 0.717) is 12.5 Å². The van der Waals surface area contributed by atoms with Crippen molar-refractivity contribution in [1.29, 1.82) is 0 Å². The summed E-state index contributed by atoms with van der Waals surface area (Å²) in [5, 5.41) is 0. The van der Waals surface area contributed by atoms with Crippen LogP contribution in [0.4, 0.5) is 13.2 Å². The normalized spacial score (nSPS) is 24.4. The van der Waals surface area contributed by atoms with E-state index in [9.17, 15) is 13.2 Å². The van der Waals surface area contributed by atoms with Crippen molar-refractivity contribution < 1.29 is 13.2 Å². The van der Waals surface area contributed by atoms with Crippen LogP contribution in [0.2, 0.25) is 0 Å². The van der Waals surface area contributed by atoms with Crippen LogP contribution in [0.15, 0.2) is 4.99 Å². The van der Waals surface area contributed by atoms with Crippen LogP contribution in [0, 0.1) is 5.41 Å². The SMILES string of the molecule is CN(C(N)=NCC1(C(F)(F)F)CCC1)C1CC1. The summed E-state index contributed by atoms with van der Waals surface area (Å²) in [6, 6.07) is 0.377. The van der Waals surface area contributed by atoms with Gasteiger partial charge in [0.15, 0.2) is 5.96 Å². The van der Waals surface area contributed by atoms with Gasteiger partial charge in [0.25, 0.3) is 0 Å². The van der Waals surface area contributed by atoms with Gasteiger partial charge in [-0.3, -0.25) is 4.99 Å². The third kappa shape index (κ3) is 2.35. The number of hydrogen-bond donors (Lipinski definition) is 1. The van der Waals surface area contributed by atoms with Gasteiger partial charge in [0.05, 0.1) is 12.0 Å². The Hall–Kier alpha value is -0.940. The molecule has 0 unspecified atom stereocenters. The predicted octanol–water partition coefficient (Wildman–Crippen LogP) is 2.13. The molecular weight excluding hydrogens is 231 g/mol. The fraction of sp³-hybridized carbons (Fsp3) is 0.909. The van der Waals surface area contributed by atoms with Crippen molar-refractivity contribution in [3.8, 4) is 0 Å². The maximum Gasteiger partial charge on any atom is 0.396 e. The summed E-state index contributed by atoms with van der Waals surface area (Å²) in [7, 11) is 1.79. The molecule has 0 spiro atoms. The Morgan fingerprint density at radius 3 is 2.35 bits per heavy atom. The van der Waals surface area contributed by atoms with Gasteiger partial charge in [0.2, 0.25) is 0 Å². The minimum atomic E-state index is -4.16. The lowest BCUT2D eigenvalue weighted by atomic mass is 9.68. The first-order valence-electron chi connectivity index (χ1n) is 5.95. The maximum atomic E-state index is 12.9. The highest BCUT2D eigenvalue weighted by Gasteiger charge is 2.58. The third-order valence-electron chi connectivity index (χ3n) is 3.91. The largest absolute Gasteiger partial charge is 0.396 e. The molecule has 0 amide bonds. The first kappa shape index (κ1) is 12.5. The molecule has 6 heteroatoms. The fourth-order valence-electron chi connectivity index (χ4n) is 2.13. The van der Waals surface area contributed by atoms with E-state index < -0.39 is 11.6 Å². The molecule has 0 aromatic carbocycles. The average Bonchev–Trinajstić information content (AvgIpc) is 2.95. The van der Waals surface area contributed by atoms with E-state index >= 15 is 0 Å². The van der Waals surface area contributed by atoms with Gasteiger partial charge < -0.3 is 10.6 Å². The van der Waals surface area contributed by atoms with E-state index in [1.54, 1.807) is 11.9 Å². The molecular formula is C11H18F3N3. The number of nitrogens with two attached hydrogens (primary N) is 1. The first-order valence-corrected chi connectivity index (χ1v) is 5.95. The predicted molar refractivity (Wildman–Crippen MR) is 59.6 cm³/mol. The van der Waals surface area contributed by atoms with Gasteiger partial charge in [-0.2, -0.15) is 13.2 Å². The van der Waals surface area contributed by atoms with Crippen LogP contribution in [0.1, 0.15) is 32.1 Å². The van der Waals surface area contributed by atoms with Gasteiger partial charge in [0.1, 0.15) is 0 Å². The molecule has 17 heavy (non-hydrogen) atoms. The van der Waals surface area contributed by atoms with Crippen molar-refractivity contribution in [2.45, 2.75) is 44.3 Å². The number of nitrogens with zero attached hydrogens (tertiary/aromatic N) is 2. The van der Waals surface area contributed by atoms with Gasteiger partial charge in [-0.25, -0.2) is 0 Å². The molecule has 98 valence electrons. The molecule has 0 aromatic heterocycles. The number of rotatable bonds is 3. The fourth-order valence-corrected chi connectivity index (χ4v) is 2.13. The second-order valence-electron chi connectivity index (χ2n) is 5.15. The van der Waals surface area contributed by atoms with Crippen LogP contribution >= 0.6 is 0 Å². The van der Waals surface area contributed by atoms with Gasteiger partial charge in [-0.15, -0.1) is 0 Å². The molecule has 2 N–H and O–H groups in total. The molecule has 0 bridgehead atoms. The topological polar surface area (TPSA) is 41.6 Å². The lowest BCUT2D eigenvalue weighted by Crippen LogP contribution is -2.47. The highest BCUT2D eigenvalue weighted by atomic mass is 19.4. The summed E-state index contributed by atoms with van der Waals surface area (Å²) in [5.74, 6) is 0.239. The second kappa shape index (κ2) is 4.07. The third-order valence-corrected chi connectivity index (χ3v) is 3.91. The summed E-state index contributed by atoms with van der Waals surface area (Å²) in [6.07, 6.45) is -1.06. The molecule has 2 aliphatic rings. The number of halogens is 3. The second-order valence-corrected chi connectivity index (χ2v) is 5.15. The van der Waals surface area contributed by atoms with Crippen LogP contribution in [0.25, 0.3) is 0 Å². The Labute approximate surface area is 98.9 Å². The summed E-state index contributed by atoms with van der Waals surface area (Å²) < 4.78 is 38.6. The zero-order chi connectivity index (χ0) is 12.7. The number of aliphatic imine (C=N–C) groups is 1. The quantitative estimate of drug-likeness (QED) is 0.615. The molecule has 2 rings (SSSR count). The van der Waals surface area contributed by atoms with Gasteiger partial charge in [-0.05, 0) is 25.7 Å². The van der Waals surface area contributed by atoms with Crippen LogP contribution in [-0.2, 0) is 0 Å². The molecule has 0 heterocycles. The zero-order valence-electron chi connectivity index (χ0n) is 9.93. The monoisotopic (exact) mass is 249 g/mol. The number of guanidine groups is 1. The number of hydrogen-bond acceptors (Lipinski definition) is 1. The van der Waals surface area contributed by atoms with Crippen LogP contribution < -0.4 is 5.73 Å². The van der Waals surface area contributed by atoms with Crippen molar-refractivity contribution in [3.63, 3.8) is 0 Å². The molecule has 2 aliphatic carbocycles. The van der Waals surface area contributed by atoms with E-state index in [-0.39, 0.29) is 25.3 Å². The Morgan fingerprint density at radius 1 is 1.41 bits per heavy atom. The molecule has 0 aromatic rings. The van der Waals surface area contributed by atoms with Crippen LogP contribution in [-0.4, -0.2) is 36.7 Å². The van der Waals surface area contributed by atoms with Crippen molar-refractivity contribution in [3.05, 3.63) is 0 Å². The maximum absolute atomic E-state index is 12.9. The summed E-state index contributed by atoms with van der Waals surface area (Å²) >= 11 is 0. The van der Waals surface area contributed by atoms with Crippen molar-refractivity contribution in [1.82, 2.24) is 4.90 Å². The summed E-state index contributed by atoms with van der Waals surface area (Å²) in [6.45, 7) is -0.223. The van der Waals surface area contributed by atoms with E-state index in [2.05, 4.69) is 4.99 Å². The number of alkyl halides is 3. The molecule has 0 atom stereocenters. The summed E-state index contributed by atoms with van der Waals surface area (Å²) in [5.41, 5.74) is 4.09. The highest BCUT2D eigenvalue weighted by Crippen LogP contribution is 2.53. The van der Waals surface area contributed by atoms with Gasteiger partial charge in [0, 0.05) is 13.1 Å². The van der Waals surface area contributed by atoms with Crippen molar-refractivity contribution in [2.24, 2.45) is 16.1 Å². The smallest absolute Gasteiger partial charge is 0.370 e. The Bertz CT molecular complexity index is 316. The van der Waals surface area contributed by atoms with Gasteiger partial charge >= 0.3 is 6.18 Å². The minimum absolute atomic E-state index is 0.181. The molecule has 0 saturated heterocycles. The average molecular weight is 249 g/mol. The van der Waals surface area contributed by atoms with Crippen molar-refractivity contribution >= 4 is 5.96 Å². The molecule has 2 saturated carbocycles. The Balaban J connectivity index is 1.97. The lowest BCUT2D eigenvalue weighted by molar-refractivity contribution is -0.246.